The molecule has 26 heavy (non-hydrogen) atoms. The van der Waals surface area contributed by atoms with Crippen molar-refractivity contribution in [3.8, 4) is 11.4 Å². The summed E-state index contributed by atoms with van der Waals surface area (Å²) in [5.74, 6) is 1.36. The van der Waals surface area contributed by atoms with Gasteiger partial charge in [-0.05, 0) is 55.0 Å². The molecule has 4 aromatic rings. The van der Waals surface area contributed by atoms with Gasteiger partial charge in [-0.1, -0.05) is 51.8 Å². The van der Waals surface area contributed by atoms with E-state index in [2.05, 4.69) is 34.2 Å². The van der Waals surface area contributed by atoms with Crippen LogP contribution in [0.15, 0.2) is 71.2 Å². The third-order valence-electron chi connectivity index (χ3n) is 4.16. The van der Waals surface area contributed by atoms with Crippen LogP contribution in [-0.4, -0.2) is 9.97 Å². The molecule has 0 aliphatic rings. The first-order chi connectivity index (χ1) is 12.6. The standard InChI is InChI=1S/C21H15BrClN3/c1-13-12-14(22)10-11-18(13)24-21-16-7-3-5-9-19(16)25-20(26-21)15-6-2-4-8-17(15)23/h2-12H,1H3,(H,24,25,26). The summed E-state index contributed by atoms with van der Waals surface area (Å²) in [5, 5.41) is 5.05. The van der Waals surface area contributed by atoms with Gasteiger partial charge in [-0.2, -0.15) is 0 Å². The third-order valence-corrected chi connectivity index (χ3v) is 4.98. The SMILES string of the molecule is Cc1cc(Br)ccc1Nc1nc(-c2ccccc2Cl)nc2ccccc12. The van der Waals surface area contributed by atoms with Crippen molar-refractivity contribution in [1.29, 1.82) is 0 Å². The maximum atomic E-state index is 6.36. The minimum atomic E-state index is 0.603. The smallest absolute Gasteiger partial charge is 0.163 e. The molecular formula is C21H15BrClN3. The van der Waals surface area contributed by atoms with Crippen LogP contribution in [0.5, 0.6) is 0 Å². The zero-order chi connectivity index (χ0) is 18.1. The summed E-state index contributed by atoms with van der Waals surface area (Å²) >= 11 is 9.86. The molecule has 128 valence electrons. The molecule has 0 spiro atoms. The predicted octanol–water partition coefficient (Wildman–Crippen LogP) is 6.76. The van der Waals surface area contributed by atoms with Gasteiger partial charge in [-0.25, -0.2) is 9.97 Å². The number of hydrogen-bond donors (Lipinski definition) is 1. The summed E-state index contributed by atoms with van der Waals surface area (Å²) in [4.78, 5) is 9.47. The number of halogens is 2. The van der Waals surface area contributed by atoms with Crippen LogP contribution in [0, 0.1) is 6.92 Å². The van der Waals surface area contributed by atoms with Crippen LogP contribution in [0.25, 0.3) is 22.3 Å². The van der Waals surface area contributed by atoms with Crippen molar-refractivity contribution in [3.05, 3.63) is 81.8 Å². The summed E-state index contributed by atoms with van der Waals surface area (Å²) in [6, 6.07) is 21.7. The molecule has 0 fully saturated rings. The molecule has 1 heterocycles. The highest BCUT2D eigenvalue weighted by atomic mass is 79.9. The monoisotopic (exact) mass is 423 g/mol. The summed E-state index contributed by atoms with van der Waals surface area (Å²) in [7, 11) is 0. The van der Waals surface area contributed by atoms with Crippen LogP contribution < -0.4 is 5.32 Å². The molecule has 0 atom stereocenters. The number of rotatable bonds is 3. The topological polar surface area (TPSA) is 37.8 Å². The number of nitrogens with one attached hydrogen (secondary N) is 1. The highest BCUT2D eigenvalue weighted by molar-refractivity contribution is 9.10. The van der Waals surface area contributed by atoms with Gasteiger partial charge >= 0.3 is 0 Å². The van der Waals surface area contributed by atoms with Crippen molar-refractivity contribution in [3.63, 3.8) is 0 Å². The summed E-state index contributed by atoms with van der Waals surface area (Å²) < 4.78 is 1.05. The minimum Gasteiger partial charge on any atom is -0.339 e. The lowest BCUT2D eigenvalue weighted by Gasteiger charge is -2.13. The first kappa shape index (κ1) is 17.0. The Balaban J connectivity index is 1.89. The van der Waals surface area contributed by atoms with Gasteiger partial charge in [0.25, 0.3) is 0 Å². The second kappa shape index (κ2) is 7.06. The number of aromatic nitrogens is 2. The Bertz CT molecular complexity index is 1110. The van der Waals surface area contributed by atoms with Gasteiger partial charge in [0.15, 0.2) is 5.82 Å². The van der Waals surface area contributed by atoms with Crippen LogP contribution in [0.3, 0.4) is 0 Å². The molecule has 0 aliphatic heterocycles. The van der Waals surface area contributed by atoms with Crippen molar-refractivity contribution in [1.82, 2.24) is 9.97 Å². The molecule has 0 aliphatic carbocycles. The normalized spacial score (nSPS) is 10.9. The van der Waals surface area contributed by atoms with E-state index >= 15 is 0 Å². The Morgan fingerprint density at radius 2 is 1.69 bits per heavy atom. The largest absolute Gasteiger partial charge is 0.339 e. The Morgan fingerprint density at radius 1 is 0.923 bits per heavy atom. The quantitative estimate of drug-likeness (QED) is 0.394. The molecule has 1 N–H and O–H groups in total. The fraction of sp³-hybridized carbons (Fsp3) is 0.0476. The van der Waals surface area contributed by atoms with E-state index in [0.29, 0.717) is 10.8 Å². The number of aryl methyl sites for hydroxylation is 1. The zero-order valence-corrected chi connectivity index (χ0v) is 16.3. The number of anilines is 2. The van der Waals surface area contributed by atoms with E-state index < -0.39 is 0 Å². The molecule has 0 amide bonds. The lowest BCUT2D eigenvalue weighted by molar-refractivity contribution is 1.22. The Morgan fingerprint density at radius 3 is 2.50 bits per heavy atom. The van der Waals surface area contributed by atoms with Gasteiger partial charge in [0.2, 0.25) is 0 Å². The van der Waals surface area contributed by atoms with Gasteiger partial charge in [-0.3, -0.25) is 0 Å². The maximum Gasteiger partial charge on any atom is 0.163 e. The highest BCUT2D eigenvalue weighted by Gasteiger charge is 2.12. The third kappa shape index (κ3) is 3.30. The lowest BCUT2D eigenvalue weighted by Crippen LogP contribution is -2.00. The van der Waals surface area contributed by atoms with Gasteiger partial charge in [0.05, 0.1) is 10.5 Å². The van der Waals surface area contributed by atoms with Gasteiger partial charge in [-0.15, -0.1) is 0 Å². The average molecular weight is 425 g/mol. The van der Waals surface area contributed by atoms with Crippen molar-refractivity contribution in [2.24, 2.45) is 0 Å². The molecule has 3 aromatic carbocycles. The average Bonchev–Trinajstić information content (AvgIpc) is 2.64. The Labute approximate surface area is 165 Å². The zero-order valence-electron chi connectivity index (χ0n) is 14.0. The van der Waals surface area contributed by atoms with Crippen molar-refractivity contribution in [2.75, 3.05) is 5.32 Å². The Kier molecular flexibility index (Phi) is 4.62. The van der Waals surface area contributed by atoms with Crippen LogP contribution in [0.1, 0.15) is 5.56 Å². The van der Waals surface area contributed by atoms with Crippen molar-refractivity contribution in [2.45, 2.75) is 6.92 Å². The van der Waals surface area contributed by atoms with Crippen molar-refractivity contribution >= 4 is 49.9 Å². The fourth-order valence-corrected chi connectivity index (χ4v) is 3.53. The van der Waals surface area contributed by atoms with E-state index in [0.717, 1.165) is 38.0 Å². The number of hydrogen-bond acceptors (Lipinski definition) is 3. The second-order valence-corrected chi connectivity index (χ2v) is 7.30. The fourth-order valence-electron chi connectivity index (χ4n) is 2.83. The number of benzene rings is 3. The molecule has 0 saturated carbocycles. The molecule has 1 aromatic heterocycles. The van der Waals surface area contributed by atoms with E-state index in [1.807, 2.05) is 60.7 Å². The summed E-state index contributed by atoms with van der Waals surface area (Å²) in [6.45, 7) is 2.06. The molecule has 0 bridgehead atoms. The number of nitrogens with zero attached hydrogens (tertiary/aromatic N) is 2. The summed E-state index contributed by atoms with van der Waals surface area (Å²) in [6.07, 6.45) is 0. The first-order valence-corrected chi connectivity index (χ1v) is 9.34. The molecule has 0 unspecified atom stereocenters. The predicted molar refractivity (Wildman–Crippen MR) is 112 cm³/mol. The molecule has 0 saturated heterocycles. The maximum absolute atomic E-state index is 6.36. The molecule has 0 radical (unpaired) electrons. The number of fused-ring (bicyclic) bond motifs is 1. The lowest BCUT2D eigenvalue weighted by atomic mass is 10.1. The van der Waals surface area contributed by atoms with E-state index in [-0.39, 0.29) is 0 Å². The van der Waals surface area contributed by atoms with Crippen LogP contribution >= 0.6 is 27.5 Å². The van der Waals surface area contributed by atoms with Crippen LogP contribution in [0.2, 0.25) is 5.02 Å². The molecule has 3 nitrogen and oxygen atoms in total. The first-order valence-electron chi connectivity index (χ1n) is 8.17. The van der Waals surface area contributed by atoms with E-state index in [4.69, 9.17) is 21.6 Å². The molecular weight excluding hydrogens is 410 g/mol. The van der Waals surface area contributed by atoms with E-state index in [9.17, 15) is 0 Å². The second-order valence-electron chi connectivity index (χ2n) is 5.98. The van der Waals surface area contributed by atoms with Crippen LogP contribution in [0.4, 0.5) is 11.5 Å². The van der Waals surface area contributed by atoms with Crippen molar-refractivity contribution < 1.29 is 0 Å². The van der Waals surface area contributed by atoms with Crippen LogP contribution in [-0.2, 0) is 0 Å². The molecule has 5 heteroatoms. The van der Waals surface area contributed by atoms with Gasteiger partial charge in [0, 0.05) is 21.1 Å². The van der Waals surface area contributed by atoms with E-state index in [1.165, 1.54) is 0 Å². The Hall–Kier alpha value is -2.43. The van der Waals surface area contributed by atoms with Gasteiger partial charge in [0.1, 0.15) is 5.82 Å². The minimum absolute atomic E-state index is 0.603. The number of para-hydroxylation sites is 1. The van der Waals surface area contributed by atoms with Gasteiger partial charge < -0.3 is 5.32 Å². The van der Waals surface area contributed by atoms with E-state index in [1.54, 1.807) is 0 Å². The summed E-state index contributed by atoms with van der Waals surface area (Å²) in [5.41, 5.74) is 3.81. The highest BCUT2D eigenvalue weighted by Crippen LogP contribution is 2.31. The molecule has 4 rings (SSSR count).